The van der Waals surface area contributed by atoms with E-state index in [1.54, 1.807) is 10.5 Å². The zero-order chi connectivity index (χ0) is 12.8. The molecule has 0 saturated heterocycles. The van der Waals surface area contributed by atoms with Gasteiger partial charge in [0.15, 0.2) is 0 Å². The van der Waals surface area contributed by atoms with Crippen LogP contribution in [0.2, 0.25) is 0 Å². The van der Waals surface area contributed by atoms with Crippen LogP contribution in [0.5, 0.6) is 0 Å². The molecule has 2 aliphatic heterocycles. The third-order valence-corrected chi connectivity index (χ3v) is 4.46. The zero-order valence-electron chi connectivity index (χ0n) is 11.7. The highest BCUT2D eigenvalue weighted by atomic mass is 35.5. The second kappa shape index (κ2) is 5.12. The topological polar surface area (TPSA) is 16.5 Å². The quantitative estimate of drug-likeness (QED) is 0.634. The lowest BCUT2D eigenvalue weighted by Crippen LogP contribution is -3.10. The molecule has 0 aliphatic carbocycles. The Kier molecular flexibility index (Phi) is 3.45. The van der Waals surface area contributed by atoms with Gasteiger partial charge in [0.05, 0.1) is 13.6 Å². The van der Waals surface area contributed by atoms with Crippen LogP contribution < -0.4 is 22.6 Å². The summed E-state index contributed by atoms with van der Waals surface area (Å²) in [7, 11) is 2.29. The van der Waals surface area contributed by atoms with Crippen LogP contribution in [0.25, 0.3) is 10.8 Å². The maximum atomic E-state index is 3.68. The number of hydrogen-bond donors (Lipinski definition) is 2. The van der Waals surface area contributed by atoms with Crippen molar-refractivity contribution in [2.45, 2.75) is 12.8 Å². The Morgan fingerprint density at radius 3 is 2.85 bits per heavy atom. The third-order valence-electron chi connectivity index (χ3n) is 4.46. The average molecular weight is 287 g/mol. The van der Waals surface area contributed by atoms with Crippen LogP contribution in [-0.2, 0) is 6.42 Å². The number of nitrogens with one attached hydrogen (secondary N) is 2. The molecule has 2 N–H and O–H groups in total. The number of benzene rings is 2. The molecule has 0 amide bonds. The third kappa shape index (κ3) is 2.09. The first-order valence-electron chi connectivity index (χ1n) is 7.11. The van der Waals surface area contributed by atoms with E-state index in [4.69, 9.17) is 0 Å². The van der Waals surface area contributed by atoms with Crippen molar-refractivity contribution in [2.24, 2.45) is 0 Å². The molecule has 2 heterocycles. The normalized spacial score (nSPS) is 20.8. The van der Waals surface area contributed by atoms with E-state index in [-0.39, 0.29) is 12.4 Å². The van der Waals surface area contributed by atoms with Crippen molar-refractivity contribution in [2.75, 3.05) is 25.5 Å². The maximum Gasteiger partial charge on any atom is 0.101 e. The lowest BCUT2D eigenvalue weighted by molar-refractivity contribution is -0.876. The Bertz CT molecular complexity index is 690. The molecule has 20 heavy (non-hydrogen) atoms. The Hall–Kier alpha value is -1.51. The van der Waals surface area contributed by atoms with Crippen molar-refractivity contribution >= 4 is 16.5 Å². The van der Waals surface area contributed by atoms with Crippen molar-refractivity contribution < 1.29 is 17.3 Å². The fourth-order valence-electron chi connectivity index (χ4n) is 3.41. The van der Waals surface area contributed by atoms with Gasteiger partial charge < -0.3 is 22.6 Å². The van der Waals surface area contributed by atoms with Gasteiger partial charge in [0.2, 0.25) is 0 Å². The molecule has 0 saturated carbocycles. The number of fused-ring (bicyclic) bond motifs is 3. The standard InChI is InChI=1S/C17H18N2.ClH/c1-19-9-8-16-13(11-19)10-15-14-5-3-2-4-12(14)6-7-17(15)18-16;/h2-7,18H,8-11H2,1H3;1H. The van der Waals surface area contributed by atoms with E-state index in [2.05, 4.69) is 48.8 Å². The number of halogens is 1. The molecule has 104 valence electrons. The molecular weight excluding hydrogens is 268 g/mol. The molecule has 4 rings (SSSR count). The molecule has 0 bridgehead atoms. The van der Waals surface area contributed by atoms with Crippen LogP contribution in [0.4, 0.5) is 5.69 Å². The van der Waals surface area contributed by atoms with Gasteiger partial charge in [-0.1, -0.05) is 30.3 Å². The highest BCUT2D eigenvalue weighted by Crippen LogP contribution is 2.34. The molecule has 3 heteroatoms. The van der Waals surface area contributed by atoms with Gasteiger partial charge in [-0.15, -0.1) is 0 Å². The molecule has 0 aromatic heterocycles. The van der Waals surface area contributed by atoms with Crippen LogP contribution >= 0.6 is 0 Å². The van der Waals surface area contributed by atoms with Crippen LogP contribution in [0.15, 0.2) is 47.7 Å². The van der Waals surface area contributed by atoms with Gasteiger partial charge in [0.25, 0.3) is 0 Å². The number of anilines is 1. The number of rotatable bonds is 0. The van der Waals surface area contributed by atoms with E-state index in [1.807, 2.05) is 0 Å². The van der Waals surface area contributed by atoms with E-state index < -0.39 is 0 Å². The number of likely N-dealkylation sites (N-methyl/N-ethyl adjacent to an activating group) is 1. The lowest BCUT2D eigenvalue weighted by atomic mass is 9.90. The van der Waals surface area contributed by atoms with Crippen molar-refractivity contribution in [1.82, 2.24) is 0 Å². The van der Waals surface area contributed by atoms with E-state index in [1.165, 1.54) is 47.2 Å². The highest BCUT2D eigenvalue weighted by molar-refractivity contribution is 5.91. The molecule has 1 atom stereocenters. The summed E-state index contributed by atoms with van der Waals surface area (Å²) in [5.74, 6) is 0. The molecule has 2 aromatic carbocycles. The van der Waals surface area contributed by atoms with Crippen LogP contribution in [0.3, 0.4) is 0 Å². The average Bonchev–Trinajstić information content (AvgIpc) is 2.45. The fourth-order valence-corrected chi connectivity index (χ4v) is 3.41. The highest BCUT2D eigenvalue weighted by Gasteiger charge is 2.25. The first-order valence-corrected chi connectivity index (χ1v) is 7.11. The summed E-state index contributed by atoms with van der Waals surface area (Å²) in [5.41, 5.74) is 5.88. The van der Waals surface area contributed by atoms with Gasteiger partial charge in [-0.25, -0.2) is 0 Å². The molecular formula is C17H19ClN2. The van der Waals surface area contributed by atoms with Crippen molar-refractivity contribution in [3.05, 3.63) is 53.2 Å². The minimum Gasteiger partial charge on any atom is -1.00 e. The Labute approximate surface area is 125 Å². The van der Waals surface area contributed by atoms with Crippen LogP contribution in [-0.4, -0.2) is 20.1 Å². The molecule has 0 spiro atoms. The predicted octanol–water partition coefficient (Wildman–Crippen LogP) is -1.02. The minimum atomic E-state index is 0. The SMILES string of the molecule is C[NH+]1CCC2=C(Cc3c(ccc4ccccc34)N2)C1.[Cl-]. The van der Waals surface area contributed by atoms with E-state index in [0.29, 0.717) is 0 Å². The molecule has 2 nitrogen and oxygen atoms in total. The predicted molar refractivity (Wildman–Crippen MR) is 79.5 cm³/mol. The summed E-state index contributed by atoms with van der Waals surface area (Å²) < 4.78 is 0. The van der Waals surface area contributed by atoms with Gasteiger partial charge in [-0.3, -0.25) is 0 Å². The number of hydrogen-bond acceptors (Lipinski definition) is 1. The summed E-state index contributed by atoms with van der Waals surface area (Å²) in [5, 5.41) is 6.43. The van der Waals surface area contributed by atoms with Crippen molar-refractivity contribution in [1.29, 1.82) is 0 Å². The van der Waals surface area contributed by atoms with Crippen molar-refractivity contribution in [3.8, 4) is 0 Å². The largest absolute Gasteiger partial charge is 1.00 e. The summed E-state index contributed by atoms with van der Waals surface area (Å²) in [4.78, 5) is 1.63. The molecule has 2 aliphatic rings. The molecule has 0 radical (unpaired) electrons. The minimum absolute atomic E-state index is 0. The second-order valence-electron chi connectivity index (χ2n) is 5.83. The Balaban J connectivity index is 0.00000121. The van der Waals surface area contributed by atoms with Gasteiger partial charge in [0, 0.05) is 29.8 Å². The maximum absolute atomic E-state index is 3.68. The summed E-state index contributed by atoms with van der Waals surface area (Å²) in [6, 6.07) is 13.2. The number of quaternary nitrogens is 1. The van der Waals surface area contributed by atoms with Crippen LogP contribution in [0, 0.1) is 0 Å². The van der Waals surface area contributed by atoms with E-state index >= 15 is 0 Å². The first-order chi connectivity index (χ1) is 9.31. The molecule has 0 fully saturated rings. The van der Waals surface area contributed by atoms with Crippen molar-refractivity contribution in [3.63, 3.8) is 0 Å². The first kappa shape index (κ1) is 13.5. The van der Waals surface area contributed by atoms with Gasteiger partial charge in [-0.2, -0.15) is 0 Å². The summed E-state index contributed by atoms with van der Waals surface area (Å²) >= 11 is 0. The summed E-state index contributed by atoms with van der Waals surface area (Å²) in [6.07, 6.45) is 2.31. The van der Waals surface area contributed by atoms with Gasteiger partial charge in [-0.05, 0) is 22.4 Å². The van der Waals surface area contributed by atoms with Gasteiger partial charge in [0.1, 0.15) is 6.54 Å². The Morgan fingerprint density at radius 1 is 1.10 bits per heavy atom. The van der Waals surface area contributed by atoms with E-state index in [9.17, 15) is 0 Å². The monoisotopic (exact) mass is 286 g/mol. The van der Waals surface area contributed by atoms with E-state index in [0.717, 1.165) is 6.42 Å². The van der Waals surface area contributed by atoms with Crippen LogP contribution in [0.1, 0.15) is 12.0 Å². The smallest absolute Gasteiger partial charge is 0.101 e. The summed E-state index contributed by atoms with van der Waals surface area (Å²) in [6.45, 7) is 2.43. The lowest BCUT2D eigenvalue weighted by Gasteiger charge is -2.31. The Morgan fingerprint density at radius 2 is 1.95 bits per heavy atom. The molecule has 2 aromatic rings. The molecule has 1 unspecified atom stereocenters. The second-order valence-corrected chi connectivity index (χ2v) is 5.83. The zero-order valence-corrected chi connectivity index (χ0v) is 12.4. The fraction of sp³-hybridized carbons (Fsp3) is 0.294. The van der Waals surface area contributed by atoms with Gasteiger partial charge >= 0.3 is 0 Å².